The van der Waals surface area contributed by atoms with Crippen LogP contribution < -0.4 is 10.9 Å². The molecule has 0 saturated heterocycles. The number of nitrogens with one attached hydrogen (secondary N) is 1. The van der Waals surface area contributed by atoms with Crippen LogP contribution in [0.1, 0.15) is 32.8 Å². The molecule has 0 aliphatic carbocycles. The molecule has 0 fully saturated rings. The molecule has 1 aromatic heterocycles. The van der Waals surface area contributed by atoms with E-state index in [2.05, 4.69) is 19.2 Å². The van der Waals surface area contributed by atoms with Crippen molar-refractivity contribution in [3.05, 3.63) is 70.5 Å². The maximum atomic E-state index is 13.2. The molecule has 0 radical (unpaired) electrons. The minimum Gasteiger partial charge on any atom is -0.355 e. The van der Waals surface area contributed by atoms with Gasteiger partial charge in [0.25, 0.3) is 5.56 Å². The second-order valence-corrected chi connectivity index (χ2v) is 8.83. The summed E-state index contributed by atoms with van der Waals surface area (Å²) < 4.78 is 1.67. The Hall–Kier alpha value is -2.60. The molecule has 1 heterocycles. The van der Waals surface area contributed by atoms with Gasteiger partial charge in [0.2, 0.25) is 5.91 Å². The molecule has 0 aliphatic rings. The summed E-state index contributed by atoms with van der Waals surface area (Å²) in [5.74, 6) is 0.501. The van der Waals surface area contributed by atoms with Crippen molar-refractivity contribution in [1.82, 2.24) is 14.9 Å². The number of carbonyl (C=O) groups is 1. The number of fused-ring (bicyclic) bond motifs is 1. The Kier molecular flexibility index (Phi) is 7.09. The number of nitrogens with zero attached hydrogens (tertiary/aromatic N) is 2. The summed E-state index contributed by atoms with van der Waals surface area (Å²) in [5.41, 5.74) is 1.58. The highest BCUT2D eigenvalue weighted by Gasteiger charge is 2.19. The van der Waals surface area contributed by atoms with E-state index in [1.54, 1.807) is 10.6 Å². The van der Waals surface area contributed by atoms with Crippen molar-refractivity contribution >= 4 is 28.6 Å². The summed E-state index contributed by atoms with van der Waals surface area (Å²) in [6, 6.07) is 17.2. The minimum absolute atomic E-state index is 0.0377. The predicted octanol–water partition coefficient (Wildman–Crippen LogP) is 4.09. The van der Waals surface area contributed by atoms with Crippen LogP contribution in [0.5, 0.6) is 0 Å². The third kappa shape index (κ3) is 5.48. The van der Waals surface area contributed by atoms with Gasteiger partial charge in [-0.2, -0.15) is 0 Å². The zero-order valence-corrected chi connectivity index (χ0v) is 17.9. The Bertz CT molecular complexity index is 1030. The summed E-state index contributed by atoms with van der Waals surface area (Å²) in [7, 11) is 0. The second-order valence-electron chi connectivity index (χ2n) is 7.52. The van der Waals surface area contributed by atoms with Crippen LogP contribution in [-0.4, -0.2) is 27.3 Å². The number of benzene rings is 2. The Morgan fingerprint density at radius 1 is 1.07 bits per heavy atom. The Balaban J connectivity index is 1.90. The highest BCUT2D eigenvalue weighted by molar-refractivity contribution is 8.00. The topological polar surface area (TPSA) is 64.0 Å². The number of thioether (sulfide) groups is 1. The van der Waals surface area contributed by atoms with Gasteiger partial charge in [-0.1, -0.05) is 68.1 Å². The van der Waals surface area contributed by atoms with E-state index in [1.165, 1.54) is 11.8 Å². The Morgan fingerprint density at radius 3 is 2.48 bits per heavy atom. The average molecular weight is 410 g/mol. The molecule has 6 heteroatoms. The van der Waals surface area contributed by atoms with E-state index in [1.807, 2.05) is 55.5 Å². The number of hydrogen-bond acceptors (Lipinski definition) is 4. The smallest absolute Gasteiger partial charge is 0.262 e. The number of aromatic nitrogens is 2. The fourth-order valence-electron chi connectivity index (χ4n) is 2.98. The third-order valence-corrected chi connectivity index (χ3v) is 5.77. The molecule has 0 aliphatic heterocycles. The SMILES string of the molecule is CC(C)CCNC(=O)C(C)Sc1nc2ccccc2c(=O)n1Cc1ccccc1. The van der Waals surface area contributed by atoms with E-state index < -0.39 is 0 Å². The maximum Gasteiger partial charge on any atom is 0.262 e. The molecule has 1 unspecified atom stereocenters. The zero-order chi connectivity index (χ0) is 20.8. The third-order valence-electron chi connectivity index (χ3n) is 4.68. The van der Waals surface area contributed by atoms with E-state index in [9.17, 15) is 9.59 Å². The normalized spacial score (nSPS) is 12.3. The maximum absolute atomic E-state index is 13.2. The van der Waals surface area contributed by atoms with Crippen molar-refractivity contribution < 1.29 is 4.79 Å². The van der Waals surface area contributed by atoms with Crippen LogP contribution in [-0.2, 0) is 11.3 Å². The van der Waals surface area contributed by atoms with Crippen molar-refractivity contribution in [3.8, 4) is 0 Å². The minimum atomic E-state index is -0.350. The molecule has 3 aromatic rings. The van der Waals surface area contributed by atoms with Gasteiger partial charge in [0.1, 0.15) is 0 Å². The molecule has 0 saturated carbocycles. The van der Waals surface area contributed by atoms with E-state index >= 15 is 0 Å². The lowest BCUT2D eigenvalue weighted by Crippen LogP contribution is -2.33. The fraction of sp³-hybridized carbons (Fsp3) is 0.348. The van der Waals surface area contributed by atoms with Crippen LogP contribution in [0, 0.1) is 5.92 Å². The lowest BCUT2D eigenvalue weighted by atomic mass is 10.1. The number of amides is 1. The van der Waals surface area contributed by atoms with Gasteiger partial charge < -0.3 is 5.32 Å². The second kappa shape index (κ2) is 9.74. The molecule has 1 N–H and O–H groups in total. The quantitative estimate of drug-likeness (QED) is 0.450. The van der Waals surface area contributed by atoms with E-state index in [4.69, 9.17) is 4.98 Å². The monoisotopic (exact) mass is 409 g/mol. The van der Waals surface area contributed by atoms with Crippen molar-refractivity contribution in [2.24, 2.45) is 5.92 Å². The highest BCUT2D eigenvalue weighted by atomic mass is 32.2. The zero-order valence-electron chi connectivity index (χ0n) is 17.1. The van der Waals surface area contributed by atoms with Gasteiger partial charge >= 0.3 is 0 Å². The molecular weight excluding hydrogens is 382 g/mol. The highest BCUT2D eigenvalue weighted by Crippen LogP contribution is 2.23. The summed E-state index contributed by atoms with van der Waals surface area (Å²) >= 11 is 1.33. The first kappa shape index (κ1) is 21.1. The van der Waals surface area contributed by atoms with E-state index in [0.29, 0.717) is 35.1 Å². The predicted molar refractivity (Wildman–Crippen MR) is 119 cm³/mol. The Labute approximate surface area is 175 Å². The van der Waals surface area contributed by atoms with Crippen molar-refractivity contribution in [2.45, 2.75) is 44.1 Å². The van der Waals surface area contributed by atoms with Gasteiger partial charge in [-0.05, 0) is 37.0 Å². The van der Waals surface area contributed by atoms with Gasteiger partial charge in [0.05, 0.1) is 22.7 Å². The largest absolute Gasteiger partial charge is 0.355 e. The van der Waals surface area contributed by atoms with Crippen molar-refractivity contribution in [3.63, 3.8) is 0 Å². The van der Waals surface area contributed by atoms with Gasteiger partial charge in [0, 0.05) is 6.54 Å². The van der Waals surface area contributed by atoms with E-state index in [0.717, 1.165) is 12.0 Å². The summed E-state index contributed by atoms with van der Waals surface area (Å²) in [4.78, 5) is 30.4. The molecule has 0 bridgehead atoms. The van der Waals surface area contributed by atoms with Crippen LogP contribution in [0.4, 0.5) is 0 Å². The Morgan fingerprint density at radius 2 is 1.76 bits per heavy atom. The molecular formula is C23H27N3O2S. The van der Waals surface area contributed by atoms with Crippen molar-refractivity contribution in [1.29, 1.82) is 0 Å². The molecule has 1 amide bonds. The molecule has 2 aromatic carbocycles. The lowest BCUT2D eigenvalue weighted by Gasteiger charge is -2.17. The van der Waals surface area contributed by atoms with Gasteiger partial charge in [-0.25, -0.2) is 4.98 Å². The first-order valence-corrected chi connectivity index (χ1v) is 10.8. The number of para-hydroxylation sites is 1. The van der Waals surface area contributed by atoms with E-state index in [-0.39, 0.29) is 16.7 Å². The van der Waals surface area contributed by atoms with Crippen LogP contribution >= 0.6 is 11.8 Å². The van der Waals surface area contributed by atoms with Crippen LogP contribution in [0.3, 0.4) is 0 Å². The molecule has 0 spiro atoms. The number of rotatable bonds is 8. The lowest BCUT2D eigenvalue weighted by molar-refractivity contribution is -0.120. The van der Waals surface area contributed by atoms with Gasteiger partial charge in [0.15, 0.2) is 5.16 Å². The van der Waals surface area contributed by atoms with Gasteiger partial charge in [-0.3, -0.25) is 14.2 Å². The van der Waals surface area contributed by atoms with Gasteiger partial charge in [-0.15, -0.1) is 0 Å². The van der Waals surface area contributed by atoms with Crippen molar-refractivity contribution in [2.75, 3.05) is 6.54 Å². The molecule has 29 heavy (non-hydrogen) atoms. The first-order chi connectivity index (χ1) is 14.0. The van der Waals surface area contributed by atoms with Crippen LogP contribution in [0.25, 0.3) is 10.9 Å². The van der Waals surface area contributed by atoms with Crippen LogP contribution in [0.15, 0.2) is 64.5 Å². The van der Waals surface area contributed by atoms with Crippen LogP contribution in [0.2, 0.25) is 0 Å². The standard InChI is InChI=1S/C23H27N3O2S/c1-16(2)13-14-24-21(27)17(3)29-23-25-20-12-8-7-11-19(20)22(28)26(23)15-18-9-5-4-6-10-18/h4-12,16-17H,13-15H2,1-3H3,(H,24,27). The number of carbonyl (C=O) groups excluding carboxylic acids is 1. The molecule has 152 valence electrons. The molecule has 3 rings (SSSR count). The molecule has 1 atom stereocenters. The first-order valence-electron chi connectivity index (χ1n) is 9.93. The summed E-state index contributed by atoms with van der Waals surface area (Å²) in [6.07, 6.45) is 0.941. The average Bonchev–Trinajstić information content (AvgIpc) is 2.71. The fourth-order valence-corrected chi connectivity index (χ4v) is 3.91. The summed E-state index contributed by atoms with van der Waals surface area (Å²) in [5, 5.41) is 3.77. The molecule has 5 nitrogen and oxygen atoms in total. The summed E-state index contributed by atoms with van der Waals surface area (Å²) in [6.45, 7) is 7.19. The number of hydrogen-bond donors (Lipinski definition) is 1.